The zero-order chi connectivity index (χ0) is 58.4. The molecular weight excluding hydrogens is 1010 g/mol. The molecule has 5 rings (SSSR count). The van der Waals surface area contributed by atoms with Crippen molar-refractivity contribution in [2.24, 2.45) is 23.7 Å². The molecule has 1 aliphatic carbocycles. The van der Waals surface area contributed by atoms with Crippen LogP contribution in [0.15, 0.2) is 73.1 Å². The summed E-state index contributed by atoms with van der Waals surface area (Å²) in [4.78, 5) is 121. The van der Waals surface area contributed by atoms with E-state index in [0.29, 0.717) is 17.7 Å². The largest absolute Gasteiger partial charge is 0.451 e. The first-order valence-corrected chi connectivity index (χ1v) is 28.0. The van der Waals surface area contributed by atoms with Gasteiger partial charge in [0.25, 0.3) is 23.6 Å². The van der Waals surface area contributed by atoms with Crippen molar-refractivity contribution in [1.82, 2.24) is 29.4 Å². The van der Waals surface area contributed by atoms with Gasteiger partial charge in [0.1, 0.15) is 24.2 Å². The van der Waals surface area contributed by atoms with Gasteiger partial charge >= 0.3 is 23.9 Å². The van der Waals surface area contributed by atoms with Gasteiger partial charge in [-0.3, -0.25) is 23.9 Å². The monoisotopic (exact) mass is 1090 g/mol. The molecule has 1 aromatic heterocycles. The van der Waals surface area contributed by atoms with Crippen molar-refractivity contribution in [3.05, 3.63) is 95.3 Å². The summed E-state index contributed by atoms with van der Waals surface area (Å²) in [6.45, 7) is 18.1. The summed E-state index contributed by atoms with van der Waals surface area (Å²) >= 11 is 0. The van der Waals surface area contributed by atoms with E-state index >= 15 is 4.79 Å². The number of amides is 4. The van der Waals surface area contributed by atoms with Gasteiger partial charge in [-0.25, -0.2) is 19.2 Å². The average molecular weight is 1100 g/mol. The summed E-state index contributed by atoms with van der Waals surface area (Å²) in [7, 11) is 5.59. The number of carbonyl (C=O) groups is 8. The lowest BCUT2D eigenvalue weighted by Crippen LogP contribution is -2.55. The van der Waals surface area contributed by atoms with E-state index in [4.69, 9.17) is 18.9 Å². The third kappa shape index (κ3) is 17.6. The molecule has 1 fully saturated rings. The molecule has 0 N–H and O–H groups in total. The maximum Gasteiger partial charge on any atom is 0.329 e. The first kappa shape index (κ1) is 63.0. The molecular formula is C61H86N6O12. The molecule has 1 saturated heterocycles. The first-order valence-electron chi connectivity index (χ1n) is 28.0. The van der Waals surface area contributed by atoms with Crippen molar-refractivity contribution >= 4 is 53.1 Å². The number of hydrogen-bond donors (Lipinski definition) is 0. The molecule has 0 spiro atoms. The quantitative estimate of drug-likeness (QED) is 0.107. The lowest BCUT2D eigenvalue weighted by molar-refractivity contribution is -0.176. The van der Waals surface area contributed by atoms with Gasteiger partial charge < -0.3 is 38.5 Å². The van der Waals surface area contributed by atoms with Crippen LogP contribution in [-0.2, 0) is 76.7 Å². The number of allylic oxidation sites excluding steroid dienone is 2. The van der Waals surface area contributed by atoms with Gasteiger partial charge in [-0.2, -0.15) is 5.10 Å². The fraction of sp³-hybridized carbons (Fsp3) is 0.590. The van der Waals surface area contributed by atoms with Gasteiger partial charge in [-0.05, 0) is 105 Å². The second kappa shape index (κ2) is 28.9. The minimum atomic E-state index is -1.53. The Labute approximate surface area is 467 Å². The van der Waals surface area contributed by atoms with Crippen LogP contribution >= 0.6 is 0 Å². The van der Waals surface area contributed by atoms with Crippen LogP contribution in [0.1, 0.15) is 136 Å². The van der Waals surface area contributed by atoms with Crippen LogP contribution in [0.25, 0.3) is 5.57 Å². The summed E-state index contributed by atoms with van der Waals surface area (Å²) in [5.41, 5.74) is 4.59. The Hall–Kier alpha value is -6.85. The molecule has 0 radical (unpaired) electrons. The predicted molar refractivity (Wildman–Crippen MR) is 298 cm³/mol. The van der Waals surface area contributed by atoms with E-state index in [-0.39, 0.29) is 62.2 Å². The molecule has 432 valence electrons. The molecule has 1 aliphatic heterocycles. The fourth-order valence-corrected chi connectivity index (χ4v) is 10.0. The van der Waals surface area contributed by atoms with E-state index in [1.54, 1.807) is 30.3 Å². The molecule has 18 nitrogen and oxygen atoms in total. The van der Waals surface area contributed by atoms with Crippen molar-refractivity contribution in [2.75, 3.05) is 28.2 Å². The molecule has 8 atom stereocenters. The summed E-state index contributed by atoms with van der Waals surface area (Å²) in [6.07, 6.45) is 3.57. The molecule has 79 heavy (non-hydrogen) atoms. The zero-order valence-corrected chi connectivity index (χ0v) is 49.0. The van der Waals surface area contributed by atoms with Crippen LogP contribution in [0.3, 0.4) is 0 Å². The predicted octanol–water partition coefficient (Wildman–Crippen LogP) is 7.48. The minimum absolute atomic E-state index is 0.0881. The number of nitrogens with zero attached hydrogens (tertiary/aromatic N) is 6. The van der Waals surface area contributed by atoms with E-state index in [9.17, 15) is 33.6 Å². The number of benzene rings is 2. The Balaban J connectivity index is 1.57. The van der Waals surface area contributed by atoms with Crippen LogP contribution in [0.5, 0.6) is 0 Å². The smallest absolute Gasteiger partial charge is 0.329 e. The van der Waals surface area contributed by atoms with Crippen molar-refractivity contribution in [1.29, 1.82) is 0 Å². The Morgan fingerprint density at radius 1 is 0.494 bits per heavy atom. The normalized spacial score (nSPS) is 24.3. The maximum atomic E-state index is 15.0. The maximum absolute atomic E-state index is 15.0. The highest BCUT2D eigenvalue weighted by Gasteiger charge is 2.43. The van der Waals surface area contributed by atoms with Gasteiger partial charge in [0, 0.05) is 52.8 Å². The molecule has 18 heteroatoms. The standard InChI is InChI=1S/C61H86N6O12/c1-37(2)28-48-58(72)76-42(10)55(69)64(12)51(31-40(7)8)61(75)79-53(33-44-24-26-45(27-25-44)35-67-36-47(34-62-67)46-22-18-19-23-46)57(71)66(14)49(29-38(3)4)59(73)77-41(9)54(68)63(11)50(30-39(5)6)60(74)78-52(56(70)65(48)13)32-43-20-16-15-17-21-43/h15-17,20-22,24-27,34,36-42,48-53H,18-19,23,28-33,35H2,1-14H3/t41-,42-,48+,49+,50+,51+,52-,53-/m1/s1. The van der Waals surface area contributed by atoms with E-state index in [1.165, 1.54) is 52.5 Å². The molecule has 3 aromatic rings. The molecule has 2 aromatic carbocycles. The number of likely N-dealkylation sites (N-methyl/N-ethyl adjacent to an activating group) is 4. The number of aromatic nitrogens is 2. The molecule has 0 saturated carbocycles. The Morgan fingerprint density at radius 2 is 0.861 bits per heavy atom. The van der Waals surface area contributed by atoms with Crippen LogP contribution in [0, 0.1) is 23.7 Å². The summed E-state index contributed by atoms with van der Waals surface area (Å²) in [5.74, 6) is -7.26. The first-order chi connectivity index (χ1) is 37.2. The highest BCUT2D eigenvalue weighted by Crippen LogP contribution is 2.28. The summed E-state index contributed by atoms with van der Waals surface area (Å²) in [6, 6.07) is 11.3. The highest BCUT2D eigenvalue weighted by molar-refractivity contribution is 5.94. The number of ether oxygens (including phenoxy) is 4. The Bertz CT molecular complexity index is 2590. The van der Waals surface area contributed by atoms with Crippen LogP contribution < -0.4 is 0 Å². The van der Waals surface area contributed by atoms with Gasteiger partial charge in [0.05, 0.1) is 12.7 Å². The zero-order valence-electron chi connectivity index (χ0n) is 49.0. The molecule has 4 amide bonds. The van der Waals surface area contributed by atoms with E-state index in [0.717, 1.165) is 45.1 Å². The highest BCUT2D eigenvalue weighted by atomic mass is 16.6. The molecule has 0 unspecified atom stereocenters. The third-order valence-corrected chi connectivity index (χ3v) is 14.6. The fourth-order valence-electron chi connectivity index (χ4n) is 10.0. The number of carbonyl (C=O) groups excluding carboxylic acids is 8. The van der Waals surface area contributed by atoms with Crippen LogP contribution in [0.2, 0.25) is 0 Å². The SMILES string of the molecule is CC(C)C[C@H]1C(=O)O[C@H](Cc2ccc(Cn3cc(C4=CCCC4)cn3)cc2)C(=O)N(C)[C@@H](CC(C)C)C(=O)O[C@H](C)C(=O)N(C)[C@@H](CC(C)C)C(=O)O[C@H](Cc2ccccc2)C(=O)N(C)[C@@H](CC(C)C)C(=O)O[C@H](C)C(=O)N1C. The molecule has 2 aliphatic rings. The van der Waals surface area contributed by atoms with Gasteiger partial charge in [-0.1, -0.05) is 116 Å². The van der Waals surface area contributed by atoms with Crippen molar-refractivity contribution in [3.8, 4) is 0 Å². The van der Waals surface area contributed by atoms with Gasteiger partial charge in [-0.15, -0.1) is 0 Å². The topological polar surface area (TPSA) is 204 Å². The van der Waals surface area contributed by atoms with Crippen LogP contribution in [0.4, 0.5) is 0 Å². The van der Waals surface area contributed by atoms with Crippen molar-refractivity contribution < 1.29 is 57.3 Å². The minimum Gasteiger partial charge on any atom is -0.451 e. The number of hydrogen-bond acceptors (Lipinski definition) is 13. The summed E-state index contributed by atoms with van der Waals surface area (Å²) in [5, 5.41) is 4.57. The van der Waals surface area contributed by atoms with Gasteiger partial charge in [0.2, 0.25) is 0 Å². The number of rotatable bonds is 15. The second-order valence-corrected chi connectivity index (χ2v) is 23.1. The number of esters is 4. The van der Waals surface area contributed by atoms with E-state index in [2.05, 4.69) is 11.2 Å². The van der Waals surface area contributed by atoms with Crippen molar-refractivity contribution in [2.45, 2.75) is 182 Å². The second-order valence-electron chi connectivity index (χ2n) is 23.1. The lowest BCUT2D eigenvalue weighted by Gasteiger charge is -2.35. The number of cyclic esters (lactones) is 4. The van der Waals surface area contributed by atoms with E-state index < -0.39 is 96.1 Å². The van der Waals surface area contributed by atoms with Gasteiger partial charge in [0.15, 0.2) is 24.4 Å². The van der Waals surface area contributed by atoms with Crippen molar-refractivity contribution in [3.63, 3.8) is 0 Å². The Kier molecular flexibility index (Phi) is 23.0. The van der Waals surface area contributed by atoms with Crippen LogP contribution in [-0.4, -0.2) is 154 Å². The average Bonchev–Trinajstić information content (AvgIpc) is 4.12. The summed E-state index contributed by atoms with van der Waals surface area (Å²) < 4.78 is 26.0. The Morgan fingerprint density at radius 3 is 1.24 bits per heavy atom. The lowest BCUT2D eigenvalue weighted by atomic mass is 9.99. The molecule has 2 heterocycles. The third-order valence-electron chi connectivity index (χ3n) is 14.6. The molecule has 0 bridgehead atoms. The van der Waals surface area contributed by atoms with E-state index in [1.807, 2.05) is 96.7 Å².